The smallest absolute Gasteiger partial charge is 0.335 e. The lowest BCUT2D eigenvalue weighted by Gasteiger charge is -2.32. The molecule has 0 amide bonds. The van der Waals surface area contributed by atoms with Crippen molar-refractivity contribution in [3.63, 3.8) is 0 Å². The number of nitrogens with zero attached hydrogens (tertiary/aromatic N) is 4. The fourth-order valence-corrected chi connectivity index (χ4v) is 5.94. The average molecular weight is 571 g/mol. The van der Waals surface area contributed by atoms with Gasteiger partial charge >= 0.3 is 5.97 Å². The lowest BCUT2D eigenvalue weighted by atomic mass is 9.93. The third-order valence-corrected chi connectivity index (χ3v) is 8.39. The third-order valence-electron chi connectivity index (χ3n) is 8.39. The molecule has 7 rings (SSSR count). The molecule has 9 nitrogen and oxygen atoms in total. The molecular weight excluding hydrogens is 539 g/mol. The van der Waals surface area contributed by atoms with Crippen LogP contribution in [0.5, 0.6) is 5.88 Å². The molecule has 0 radical (unpaired) electrons. The number of benzene rings is 2. The summed E-state index contributed by atoms with van der Waals surface area (Å²) in [5, 5.41) is 9.95. The Morgan fingerprint density at radius 1 is 1.07 bits per heavy atom. The Hall–Kier alpha value is -4.28. The number of ether oxygens (including phenoxy) is 2. The Balaban J connectivity index is 1.01. The number of hydrogen-bond donors (Lipinski definition) is 1. The monoisotopic (exact) mass is 570 g/mol. The zero-order chi connectivity index (χ0) is 28.6. The number of imidazole rings is 1. The first kappa shape index (κ1) is 26.6. The van der Waals surface area contributed by atoms with Crippen molar-refractivity contribution < 1.29 is 28.2 Å². The van der Waals surface area contributed by atoms with E-state index in [2.05, 4.69) is 9.47 Å². The molecule has 10 heteroatoms. The van der Waals surface area contributed by atoms with Crippen LogP contribution >= 0.6 is 0 Å². The van der Waals surface area contributed by atoms with E-state index in [9.17, 15) is 14.3 Å². The van der Waals surface area contributed by atoms with Crippen molar-refractivity contribution in [2.75, 3.05) is 19.7 Å². The zero-order valence-corrected chi connectivity index (χ0v) is 23.0. The molecule has 0 aliphatic carbocycles. The molecule has 1 atom stereocenters. The van der Waals surface area contributed by atoms with Crippen LogP contribution in [-0.2, 0) is 24.4 Å². The van der Waals surface area contributed by atoms with E-state index in [1.54, 1.807) is 30.3 Å². The molecule has 0 saturated carbocycles. The Bertz CT molecular complexity index is 1750. The summed E-state index contributed by atoms with van der Waals surface area (Å²) < 4.78 is 33.3. The minimum atomic E-state index is -0.943. The highest BCUT2D eigenvalue weighted by molar-refractivity contribution is 5.92. The van der Waals surface area contributed by atoms with Crippen LogP contribution in [0.15, 0.2) is 65.3 Å². The molecule has 5 aromatic rings. The second kappa shape index (κ2) is 11.2. The number of furan rings is 1. The highest BCUT2D eigenvalue weighted by Crippen LogP contribution is 2.30. The van der Waals surface area contributed by atoms with Crippen LogP contribution in [0.25, 0.3) is 22.0 Å². The maximum atomic E-state index is 14.0. The molecule has 1 N–H and O–H groups in total. The first-order valence-electron chi connectivity index (χ1n) is 14.3. The molecule has 0 bridgehead atoms. The Morgan fingerprint density at radius 3 is 2.71 bits per heavy atom. The molecule has 2 saturated heterocycles. The molecule has 2 aliphatic heterocycles. The normalized spacial score (nSPS) is 18.0. The van der Waals surface area contributed by atoms with Crippen molar-refractivity contribution in [1.29, 1.82) is 0 Å². The van der Waals surface area contributed by atoms with Gasteiger partial charge in [0.05, 0.1) is 47.4 Å². The van der Waals surface area contributed by atoms with Gasteiger partial charge in [-0.2, -0.15) is 0 Å². The number of halogens is 1. The summed E-state index contributed by atoms with van der Waals surface area (Å²) in [4.78, 5) is 23.7. The van der Waals surface area contributed by atoms with Crippen molar-refractivity contribution in [1.82, 2.24) is 19.4 Å². The molecule has 216 valence electrons. The number of likely N-dealkylation sites (tertiary alicyclic amines) is 1. The molecule has 2 aromatic carbocycles. The number of rotatable bonds is 9. The van der Waals surface area contributed by atoms with Crippen LogP contribution < -0.4 is 4.74 Å². The Morgan fingerprint density at radius 2 is 1.93 bits per heavy atom. The number of piperidine rings is 1. The number of carboxylic acid groups (broad SMARTS) is 1. The second-order valence-electron chi connectivity index (χ2n) is 11.0. The first-order chi connectivity index (χ1) is 20.5. The molecule has 3 aromatic heterocycles. The predicted octanol–water partition coefficient (Wildman–Crippen LogP) is 5.76. The fourth-order valence-electron chi connectivity index (χ4n) is 5.94. The van der Waals surface area contributed by atoms with Crippen LogP contribution in [0.2, 0.25) is 0 Å². The minimum Gasteiger partial charge on any atom is -0.478 e. The van der Waals surface area contributed by atoms with Gasteiger partial charge in [-0.25, -0.2) is 19.2 Å². The van der Waals surface area contributed by atoms with Gasteiger partial charge in [-0.3, -0.25) is 4.90 Å². The van der Waals surface area contributed by atoms with E-state index < -0.39 is 5.97 Å². The van der Waals surface area contributed by atoms with E-state index in [-0.39, 0.29) is 24.1 Å². The van der Waals surface area contributed by atoms with Gasteiger partial charge < -0.3 is 23.6 Å². The average Bonchev–Trinajstić information content (AvgIpc) is 3.61. The van der Waals surface area contributed by atoms with Crippen LogP contribution in [0.4, 0.5) is 4.39 Å². The van der Waals surface area contributed by atoms with E-state index in [1.165, 1.54) is 12.3 Å². The summed E-state index contributed by atoms with van der Waals surface area (Å²) >= 11 is 0. The lowest BCUT2D eigenvalue weighted by molar-refractivity contribution is -0.0592. The molecule has 0 spiro atoms. The summed E-state index contributed by atoms with van der Waals surface area (Å²) in [5.41, 5.74) is 4.17. The van der Waals surface area contributed by atoms with E-state index in [1.807, 2.05) is 18.2 Å². The lowest BCUT2D eigenvalue weighted by Crippen LogP contribution is -2.35. The second-order valence-corrected chi connectivity index (χ2v) is 11.0. The minimum absolute atomic E-state index is 0.133. The van der Waals surface area contributed by atoms with E-state index >= 15 is 0 Å². The van der Waals surface area contributed by atoms with E-state index in [4.69, 9.17) is 23.9 Å². The largest absolute Gasteiger partial charge is 0.478 e. The van der Waals surface area contributed by atoms with Crippen LogP contribution in [0.1, 0.15) is 52.6 Å². The number of aromatic nitrogens is 3. The topological polar surface area (TPSA) is 103 Å². The van der Waals surface area contributed by atoms with E-state index in [0.29, 0.717) is 35.9 Å². The number of carboxylic acids is 1. The van der Waals surface area contributed by atoms with Gasteiger partial charge in [0.1, 0.15) is 23.8 Å². The van der Waals surface area contributed by atoms with E-state index in [0.717, 1.165) is 67.1 Å². The maximum Gasteiger partial charge on any atom is 0.335 e. The van der Waals surface area contributed by atoms with Crippen molar-refractivity contribution in [2.45, 2.75) is 51.0 Å². The summed E-state index contributed by atoms with van der Waals surface area (Å²) in [6.07, 6.45) is 4.52. The number of aromatic carboxylic acids is 1. The van der Waals surface area contributed by atoms with Gasteiger partial charge in [-0.15, -0.1) is 0 Å². The summed E-state index contributed by atoms with van der Waals surface area (Å²) in [6.45, 7) is 4.15. The zero-order valence-electron chi connectivity index (χ0n) is 23.0. The Labute approximate surface area is 241 Å². The van der Waals surface area contributed by atoms with Gasteiger partial charge in [0.25, 0.3) is 0 Å². The molecule has 2 fully saturated rings. The summed E-state index contributed by atoms with van der Waals surface area (Å²) in [6, 6.07) is 15.7. The predicted molar refractivity (Wildman–Crippen MR) is 153 cm³/mol. The molecule has 0 unspecified atom stereocenters. The van der Waals surface area contributed by atoms with Crippen LogP contribution in [0, 0.1) is 5.82 Å². The number of fused-ring (bicyclic) bond motifs is 2. The maximum absolute atomic E-state index is 14.0. The van der Waals surface area contributed by atoms with Crippen molar-refractivity contribution in [3.05, 3.63) is 89.3 Å². The van der Waals surface area contributed by atoms with Crippen molar-refractivity contribution in [3.8, 4) is 5.88 Å². The SMILES string of the molecule is O=C(O)c1ccc2nc(CN3CCC(c4cccc(OCc5ccc(F)c6ccoc56)n4)CC3)n(C[C@@H]3CCO3)c2c1. The third kappa shape index (κ3) is 5.23. The molecule has 42 heavy (non-hydrogen) atoms. The summed E-state index contributed by atoms with van der Waals surface area (Å²) in [5.74, 6) is 0.522. The molecular formula is C32H31FN4O5. The molecule has 5 heterocycles. The van der Waals surface area contributed by atoms with Gasteiger partial charge in [0.15, 0.2) is 0 Å². The van der Waals surface area contributed by atoms with Crippen molar-refractivity contribution >= 4 is 28.0 Å². The number of carbonyl (C=O) groups is 1. The van der Waals surface area contributed by atoms with Gasteiger partial charge in [0.2, 0.25) is 5.88 Å². The van der Waals surface area contributed by atoms with Crippen LogP contribution in [0.3, 0.4) is 0 Å². The number of pyridine rings is 1. The van der Waals surface area contributed by atoms with Crippen LogP contribution in [-0.4, -0.2) is 56.3 Å². The molecule has 2 aliphatic rings. The first-order valence-corrected chi connectivity index (χ1v) is 14.3. The highest BCUT2D eigenvalue weighted by Gasteiger charge is 2.26. The van der Waals surface area contributed by atoms with Gasteiger partial charge in [-0.05, 0) is 74.8 Å². The van der Waals surface area contributed by atoms with Gasteiger partial charge in [0, 0.05) is 29.8 Å². The van der Waals surface area contributed by atoms with Gasteiger partial charge in [-0.1, -0.05) is 6.07 Å². The highest BCUT2D eigenvalue weighted by atomic mass is 19.1. The standard InChI is InChI=1S/C32H31FN4O5/c33-25-6-4-22(31-24(25)11-15-41-31)19-42-30-3-1-2-26(35-30)20-8-12-36(13-9-20)18-29-34-27-7-5-21(32(38)39)16-28(27)37(29)17-23-10-14-40-23/h1-7,11,15-16,20,23H,8-10,12-14,17-19H2,(H,38,39)/t23-/m0/s1. The van der Waals surface area contributed by atoms with Crippen molar-refractivity contribution in [2.24, 2.45) is 0 Å². The number of hydrogen-bond acceptors (Lipinski definition) is 7. The fraction of sp³-hybridized carbons (Fsp3) is 0.344. The summed E-state index contributed by atoms with van der Waals surface area (Å²) in [7, 11) is 0. The Kier molecular flexibility index (Phi) is 7.09. The quantitative estimate of drug-likeness (QED) is 0.239.